The number of nitrogens with zero attached hydrogens (tertiary/aromatic N) is 1. The van der Waals surface area contributed by atoms with Gasteiger partial charge in [0.2, 0.25) is 0 Å². The summed E-state index contributed by atoms with van der Waals surface area (Å²) in [5, 5.41) is 12.1. The molecule has 0 N–H and O–H groups in total. The van der Waals surface area contributed by atoms with E-state index in [1.165, 1.54) is 12.1 Å². The molecule has 0 aliphatic heterocycles. The highest BCUT2D eigenvalue weighted by Gasteiger charge is 2.02. The van der Waals surface area contributed by atoms with Crippen LogP contribution in [0.25, 0.3) is 6.08 Å². The van der Waals surface area contributed by atoms with Crippen LogP contribution in [0.2, 0.25) is 0 Å². The minimum absolute atomic E-state index is 0.0429. The van der Waals surface area contributed by atoms with Crippen molar-refractivity contribution < 1.29 is 9.13 Å². The van der Waals surface area contributed by atoms with Gasteiger partial charge in [-0.1, -0.05) is 18.2 Å². The maximum Gasteiger partial charge on any atom is 0.269 e. The monoisotopic (exact) mass is 273 g/mol. The second-order valence-corrected chi connectivity index (χ2v) is 5.10. The average Bonchev–Trinajstić information content (AvgIpc) is 2.46. The Bertz CT molecular complexity index is 621. The zero-order chi connectivity index (χ0) is 13.7. The molecular formula is C14H11NO3S. The molecule has 0 aliphatic rings. The van der Waals surface area contributed by atoms with Gasteiger partial charge >= 0.3 is 0 Å². The van der Waals surface area contributed by atoms with Gasteiger partial charge in [-0.25, -0.2) is 4.21 Å². The first-order valence-corrected chi connectivity index (χ1v) is 6.76. The van der Waals surface area contributed by atoms with Gasteiger partial charge in [0.15, 0.2) is 0 Å². The molecule has 19 heavy (non-hydrogen) atoms. The van der Waals surface area contributed by atoms with Crippen molar-refractivity contribution in [2.45, 2.75) is 4.90 Å². The van der Waals surface area contributed by atoms with Crippen molar-refractivity contribution in [3.8, 4) is 0 Å². The van der Waals surface area contributed by atoms with Gasteiger partial charge in [0.25, 0.3) is 5.69 Å². The van der Waals surface area contributed by atoms with Gasteiger partial charge in [0, 0.05) is 22.4 Å². The lowest BCUT2D eigenvalue weighted by molar-refractivity contribution is -0.384. The Morgan fingerprint density at radius 3 is 2.21 bits per heavy atom. The molecule has 2 rings (SSSR count). The van der Waals surface area contributed by atoms with Crippen LogP contribution in [0.1, 0.15) is 5.56 Å². The summed E-state index contributed by atoms with van der Waals surface area (Å²) < 4.78 is 11.9. The number of hydrogen-bond acceptors (Lipinski definition) is 3. The Morgan fingerprint density at radius 1 is 1.00 bits per heavy atom. The van der Waals surface area contributed by atoms with Gasteiger partial charge in [-0.05, 0) is 35.9 Å². The largest absolute Gasteiger partial charge is 0.269 e. The molecular weight excluding hydrogens is 262 g/mol. The van der Waals surface area contributed by atoms with Crippen molar-refractivity contribution in [3.63, 3.8) is 0 Å². The molecule has 0 unspecified atom stereocenters. The normalized spacial score (nSPS) is 12.4. The Labute approximate surface area is 113 Å². The van der Waals surface area contributed by atoms with Crippen molar-refractivity contribution in [2.24, 2.45) is 0 Å². The van der Waals surface area contributed by atoms with E-state index >= 15 is 0 Å². The second kappa shape index (κ2) is 6.06. The molecule has 0 saturated heterocycles. The average molecular weight is 273 g/mol. The number of nitro groups is 1. The third-order valence-electron chi connectivity index (χ3n) is 2.46. The lowest BCUT2D eigenvalue weighted by Gasteiger charge is -1.96. The SMILES string of the molecule is O=[N+]([O-])c1ccc(/C=C\[S@](=O)c2ccccc2)cc1. The molecule has 1 atom stereocenters. The molecule has 2 aromatic rings. The van der Waals surface area contributed by atoms with Crippen LogP contribution in [0, 0.1) is 10.1 Å². The van der Waals surface area contributed by atoms with Gasteiger partial charge in [-0.3, -0.25) is 10.1 Å². The summed E-state index contributed by atoms with van der Waals surface area (Å²) in [6.45, 7) is 0. The quantitative estimate of drug-likeness (QED) is 0.633. The third-order valence-corrected chi connectivity index (χ3v) is 3.58. The van der Waals surface area contributed by atoms with Crippen LogP contribution in [0.15, 0.2) is 64.9 Å². The van der Waals surface area contributed by atoms with Crippen LogP contribution in [0.5, 0.6) is 0 Å². The molecule has 0 saturated carbocycles. The minimum atomic E-state index is -1.21. The Kier molecular flexibility index (Phi) is 4.20. The molecule has 0 radical (unpaired) electrons. The molecule has 0 spiro atoms. The maximum atomic E-state index is 11.9. The van der Waals surface area contributed by atoms with E-state index in [1.54, 1.807) is 35.7 Å². The Balaban J connectivity index is 2.10. The molecule has 2 aromatic carbocycles. The Morgan fingerprint density at radius 2 is 1.63 bits per heavy atom. The minimum Gasteiger partial charge on any atom is -0.258 e. The highest BCUT2D eigenvalue weighted by Crippen LogP contribution is 2.14. The van der Waals surface area contributed by atoms with E-state index in [1.807, 2.05) is 18.2 Å². The van der Waals surface area contributed by atoms with E-state index < -0.39 is 15.7 Å². The summed E-state index contributed by atoms with van der Waals surface area (Å²) >= 11 is 0. The fourth-order valence-electron chi connectivity index (χ4n) is 1.48. The molecule has 0 aromatic heterocycles. The van der Waals surface area contributed by atoms with Crippen LogP contribution in [0.3, 0.4) is 0 Å². The number of hydrogen-bond donors (Lipinski definition) is 0. The third kappa shape index (κ3) is 3.59. The topological polar surface area (TPSA) is 60.2 Å². The summed E-state index contributed by atoms with van der Waals surface area (Å²) in [4.78, 5) is 10.8. The van der Waals surface area contributed by atoms with Crippen LogP contribution in [-0.4, -0.2) is 9.13 Å². The van der Waals surface area contributed by atoms with Crippen LogP contribution >= 0.6 is 0 Å². The molecule has 0 heterocycles. The number of non-ortho nitro benzene ring substituents is 1. The summed E-state index contributed by atoms with van der Waals surface area (Å²) in [6.07, 6.45) is 1.69. The maximum absolute atomic E-state index is 11.9. The van der Waals surface area contributed by atoms with E-state index in [9.17, 15) is 14.3 Å². The van der Waals surface area contributed by atoms with E-state index in [2.05, 4.69) is 0 Å². The summed E-state index contributed by atoms with van der Waals surface area (Å²) in [5.41, 5.74) is 0.816. The molecule has 0 amide bonds. The van der Waals surface area contributed by atoms with Crippen molar-refractivity contribution in [3.05, 3.63) is 75.7 Å². The first kappa shape index (κ1) is 13.2. The zero-order valence-electron chi connectivity index (χ0n) is 9.93. The summed E-state index contributed by atoms with van der Waals surface area (Å²) in [5.74, 6) is 0. The lowest BCUT2D eigenvalue weighted by Crippen LogP contribution is -1.87. The smallest absolute Gasteiger partial charge is 0.258 e. The van der Waals surface area contributed by atoms with Gasteiger partial charge in [-0.2, -0.15) is 0 Å². The highest BCUT2D eigenvalue weighted by molar-refractivity contribution is 7.88. The number of benzene rings is 2. The van der Waals surface area contributed by atoms with Crippen LogP contribution in [-0.2, 0) is 10.8 Å². The van der Waals surface area contributed by atoms with Gasteiger partial charge < -0.3 is 0 Å². The lowest BCUT2D eigenvalue weighted by atomic mass is 10.2. The van der Waals surface area contributed by atoms with Crippen molar-refractivity contribution in [2.75, 3.05) is 0 Å². The molecule has 96 valence electrons. The molecule has 0 aliphatic carbocycles. The van der Waals surface area contributed by atoms with Crippen molar-refractivity contribution in [1.82, 2.24) is 0 Å². The van der Waals surface area contributed by atoms with Gasteiger partial charge in [-0.15, -0.1) is 0 Å². The van der Waals surface area contributed by atoms with Gasteiger partial charge in [0.1, 0.15) is 0 Å². The zero-order valence-corrected chi connectivity index (χ0v) is 10.7. The van der Waals surface area contributed by atoms with Gasteiger partial charge in [0.05, 0.1) is 15.7 Å². The first-order valence-electron chi connectivity index (χ1n) is 5.55. The van der Waals surface area contributed by atoms with E-state index in [0.717, 1.165) is 10.5 Å². The molecule has 5 heteroatoms. The Hall–Kier alpha value is -2.27. The van der Waals surface area contributed by atoms with E-state index in [-0.39, 0.29) is 5.69 Å². The molecule has 4 nitrogen and oxygen atoms in total. The van der Waals surface area contributed by atoms with Crippen molar-refractivity contribution in [1.29, 1.82) is 0 Å². The molecule has 0 fully saturated rings. The number of nitro benzene ring substituents is 1. The summed E-state index contributed by atoms with van der Waals surface area (Å²) in [6, 6.07) is 15.2. The summed E-state index contributed by atoms with van der Waals surface area (Å²) in [7, 11) is -1.21. The second-order valence-electron chi connectivity index (χ2n) is 3.76. The van der Waals surface area contributed by atoms with Crippen molar-refractivity contribution >= 4 is 22.6 Å². The fraction of sp³-hybridized carbons (Fsp3) is 0. The van der Waals surface area contributed by atoms with Crippen LogP contribution < -0.4 is 0 Å². The fourth-order valence-corrected chi connectivity index (χ4v) is 2.34. The van der Waals surface area contributed by atoms with Crippen LogP contribution in [0.4, 0.5) is 5.69 Å². The van der Waals surface area contributed by atoms with E-state index in [4.69, 9.17) is 0 Å². The predicted molar refractivity (Wildman–Crippen MR) is 75.0 cm³/mol. The van der Waals surface area contributed by atoms with E-state index in [0.29, 0.717) is 0 Å². The number of rotatable bonds is 4. The molecule has 0 bridgehead atoms. The highest BCUT2D eigenvalue weighted by atomic mass is 32.2. The standard InChI is InChI=1S/C14H11NO3S/c16-15(17)13-8-6-12(7-9-13)10-11-19(18)14-4-2-1-3-5-14/h1-11H/b11-10-/t19-/m0/s1. The predicted octanol–water partition coefficient (Wildman–Crippen LogP) is 3.37. The first-order chi connectivity index (χ1) is 9.16.